The fourth-order valence-corrected chi connectivity index (χ4v) is 6.54. The number of carbonyl (C=O) groups is 2. The average Bonchev–Trinajstić information content (AvgIpc) is 2.79. The molecule has 0 radical (unpaired) electrons. The maximum atomic E-state index is 14.0. The maximum Gasteiger partial charge on any atom is 0.304 e. The zero-order valence-electron chi connectivity index (χ0n) is 20.9. The number of piperidine rings is 1. The maximum absolute atomic E-state index is 14.0. The molecule has 0 bridgehead atoms. The minimum Gasteiger partial charge on any atom is -0.481 e. The third-order valence-corrected chi connectivity index (χ3v) is 9.87. The largest absolute Gasteiger partial charge is 0.481 e. The molecule has 4 unspecified atom stereocenters. The number of sulfone groups is 1. The van der Waals surface area contributed by atoms with Crippen molar-refractivity contribution in [2.45, 2.75) is 70.2 Å². The van der Waals surface area contributed by atoms with Crippen LogP contribution < -0.4 is 0 Å². The van der Waals surface area contributed by atoms with E-state index in [1.54, 1.807) is 43.9 Å². The SMILES string of the molecule is CC(CCS(=O)(=O)C(C)C)N1C(=O)C(C)(CC(=O)O)CC(c2cccc(Cl)c2)C1c1ccc(Cl)cc1. The highest BCUT2D eigenvalue weighted by atomic mass is 35.5. The Labute approximate surface area is 223 Å². The van der Waals surface area contributed by atoms with Crippen molar-refractivity contribution in [3.63, 3.8) is 0 Å². The lowest BCUT2D eigenvalue weighted by Crippen LogP contribution is -2.55. The molecular weight excluding hydrogens is 521 g/mol. The monoisotopic (exact) mass is 553 g/mol. The molecule has 0 saturated carbocycles. The van der Waals surface area contributed by atoms with Gasteiger partial charge in [-0.05, 0) is 69.0 Å². The van der Waals surface area contributed by atoms with Crippen molar-refractivity contribution in [2.75, 3.05) is 5.75 Å². The molecule has 9 heteroatoms. The summed E-state index contributed by atoms with van der Waals surface area (Å²) in [5.41, 5.74) is 0.555. The molecule has 1 amide bonds. The first kappa shape index (κ1) is 28.5. The first-order chi connectivity index (χ1) is 16.7. The molecule has 0 spiro atoms. The molecule has 36 heavy (non-hydrogen) atoms. The number of carboxylic acid groups (broad SMARTS) is 1. The fourth-order valence-electron chi connectivity index (χ4n) is 5.07. The molecule has 6 nitrogen and oxygen atoms in total. The molecule has 1 aliphatic heterocycles. The second kappa shape index (κ2) is 11.1. The number of halogens is 2. The van der Waals surface area contributed by atoms with E-state index in [0.29, 0.717) is 16.5 Å². The first-order valence-electron chi connectivity index (χ1n) is 12.0. The van der Waals surface area contributed by atoms with E-state index in [1.165, 1.54) is 0 Å². The summed E-state index contributed by atoms with van der Waals surface area (Å²) in [6, 6.07) is 13.7. The van der Waals surface area contributed by atoms with Gasteiger partial charge in [-0.25, -0.2) is 8.42 Å². The van der Waals surface area contributed by atoms with Crippen LogP contribution in [0.5, 0.6) is 0 Å². The summed E-state index contributed by atoms with van der Waals surface area (Å²) in [6.45, 7) is 6.80. The Morgan fingerprint density at radius 3 is 2.28 bits per heavy atom. The molecule has 0 aliphatic carbocycles. The minimum absolute atomic E-state index is 0.0690. The van der Waals surface area contributed by atoms with Crippen molar-refractivity contribution in [3.05, 3.63) is 69.7 Å². The Bertz CT molecular complexity index is 1210. The third kappa shape index (κ3) is 6.24. The summed E-state index contributed by atoms with van der Waals surface area (Å²) in [6.07, 6.45) is 0.213. The average molecular weight is 555 g/mol. The van der Waals surface area contributed by atoms with Crippen molar-refractivity contribution in [1.29, 1.82) is 0 Å². The van der Waals surface area contributed by atoms with Gasteiger partial charge in [0.25, 0.3) is 0 Å². The van der Waals surface area contributed by atoms with Crippen molar-refractivity contribution in [1.82, 2.24) is 4.90 Å². The topological polar surface area (TPSA) is 91.8 Å². The van der Waals surface area contributed by atoms with Gasteiger partial charge in [0.05, 0.1) is 28.9 Å². The van der Waals surface area contributed by atoms with E-state index in [2.05, 4.69) is 0 Å². The summed E-state index contributed by atoms with van der Waals surface area (Å²) in [5, 5.41) is 10.2. The van der Waals surface area contributed by atoms with Crippen LogP contribution in [0.1, 0.15) is 70.0 Å². The van der Waals surface area contributed by atoms with Crippen molar-refractivity contribution in [3.8, 4) is 0 Å². The summed E-state index contributed by atoms with van der Waals surface area (Å²) >= 11 is 12.5. The van der Waals surface area contributed by atoms with Crippen LogP contribution >= 0.6 is 23.2 Å². The van der Waals surface area contributed by atoms with Gasteiger partial charge in [0.2, 0.25) is 5.91 Å². The van der Waals surface area contributed by atoms with Gasteiger partial charge in [0.15, 0.2) is 9.84 Å². The van der Waals surface area contributed by atoms with Gasteiger partial charge >= 0.3 is 5.97 Å². The lowest BCUT2D eigenvalue weighted by molar-refractivity contribution is -0.160. The Balaban J connectivity index is 2.16. The number of hydrogen-bond donors (Lipinski definition) is 1. The molecule has 1 aliphatic rings. The second-order valence-electron chi connectivity index (χ2n) is 10.3. The van der Waals surface area contributed by atoms with Crippen LogP contribution in [0.15, 0.2) is 48.5 Å². The number of likely N-dealkylation sites (tertiary alicyclic amines) is 1. The summed E-state index contributed by atoms with van der Waals surface area (Å²) in [4.78, 5) is 27.6. The number of hydrogen-bond acceptors (Lipinski definition) is 4. The van der Waals surface area contributed by atoms with Gasteiger partial charge in [-0.15, -0.1) is 0 Å². The van der Waals surface area contributed by atoms with E-state index < -0.39 is 38.6 Å². The predicted molar refractivity (Wildman–Crippen MR) is 143 cm³/mol. The summed E-state index contributed by atoms with van der Waals surface area (Å²) in [5.74, 6) is -1.69. The van der Waals surface area contributed by atoms with Crippen LogP contribution in [0.2, 0.25) is 10.0 Å². The number of carbonyl (C=O) groups excluding carboxylic acids is 1. The van der Waals surface area contributed by atoms with E-state index in [0.717, 1.165) is 11.1 Å². The van der Waals surface area contributed by atoms with Crippen molar-refractivity contribution in [2.24, 2.45) is 5.41 Å². The Kier molecular flexibility index (Phi) is 8.79. The van der Waals surface area contributed by atoms with Crippen molar-refractivity contribution < 1.29 is 23.1 Å². The third-order valence-electron chi connectivity index (χ3n) is 7.15. The summed E-state index contributed by atoms with van der Waals surface area (Å²) < 4.78 is 25.1. The van der Waals surface area contributed by atoms with Crippen LogP contribution in [0.3, 0.4) is 0 Å². The fraction of sp³-hybridized carbons (Fsp3) is 0.481. The van der Waals surface area contributed by atoms with Gasteiger partial charge in [-0.1, -0.05) is 54.4 Å². The Morgan fingerprint density at radius 1 is 1.08 bits per heavy atom. The predicted octanol–water partition coefficient (Wildman–Crippen LogP) is 6.13. The number of benzene rings is 2. The minimum atomic E-state index is -3.32. The van der Waals surface area contributed by atoms with Crippen LogP contribution in [-0.4, -0.2) is 47.3 Å². The number of amides is 1. The number of rotatable bonds is 9. The van der Waals surface area contributed by atoms with Gasteiger partial charge in [0, 0.05) is 22.0 Å². The van der Waals surface area contributed by atoms with E-state index in [-0.39, 0.29) is 30.4 Å². The lowest BCUT2D eigenvalue weighted by Gasteiger charge is -2.51. The molecule has 1 N–H and O–H groups in total. The van der Waals surface area contributed by atoms with Crippen LogP contribution in [0.25, 0.3) is 0 Å². The highest BCUT2D eigenvalue weighted by molar-refractivity contribution is 7.91. The standard InChI is InChI=1S/C27H33Cl2NO5S/c1-17(2)36(34,35)13-12-18(3)30-25(19-8-10-21(28)11-9-19)23(20-6-5-7-22(29)14-20)15-27(4,26(30)33)16-24(31)32/h5-11,14,17-18,23,25H,12-13,15-16H2,1-4H3,(H,31,32). The molecule has 4 atom stereocenters. The lowest BCUT2D eigenvalue weighted by atomic mass is 9.67. The molecule has 2 aromatic rings. The Hall–Kier alpha value is -2.09. The van der Waals surface area contributed by atoms with Crippen LogP contribution in [0.4, 0.5) is 0 Å². The number of nitrogens with zero attached hydrogens (tertiary/aromatic N) is 1. The van der Waals surface area contributed by atoms with E-state index in [4.69, 9.17) is 23.2 Å². The molecule has 2 aromatic carbocycles. The van der Waals surface area contributed by atoms with Crippen LogP contribution in [-0.2, 0) is 19.4 Å². The molecule has 1 heterocycles. The van der Waals surface area contributed by atoms with Crippen LogP contribution in [0, 0.1) is 5.41 Å². The molecule has 0 aromatic heterocycles. The smallest absolute Gasteiger partial charge is 0.304 e. The normalized spacial score (nSPS) is 23.6. The molecule has 196 valence electrons. The zero-order chi connectivity index (χ0) is 26.8. The zero-order valence-corrected chi connectivity index (χ0v) is 23.3. The van der Waals surface area contributed by atoms with E-state index in [1.807, 2.05) is 37.3 Å². The highest BCUT2D eigenvalue weighted by Gasteiger charge is 2.51. The number of carboxylic acids is 1. The van der Waals surface area contributed by atoms with E-state index in [9.17, 15) is 23.1 Å². The quantitative estimate of drug-likeness (QED) is 0.403. The molecule has 3 rings (SSSR count). The van der Waals surface area contributed by atoms with Gasteiger partial charge in [-0.2, -0.15) is 0 Å². The first-order valence-corrected chi connectivity index (χ1v) is 14.5. The second-order valence-corrected chi connectivity index (χ2v) is 13.8. The Morgan fingerprint density at radius 2 is 1.72 bits per heavy atom. The highest BCUT2D eigenvalue weighted by Crippen LogP contribution is 2.52. The van der Waals surface area contributed by atoms with Crippen molar-refractivity contribution >= 4 is 44.9 Å². The molecular formula is C27H33Cl2NO5S. The van der Waals surface area contributed by atoms with E-state index >= 15 is 0 Å². The molecule has 1 fully saturated rings. The number of aliphatic carboxylic acids is 1. The molecule has 1 saturated heterocycles. The van der Waals surface area contributed by atoms with Gasteiger partial charge in [-0.3, -0.25) is 9.59 Å². The van der Waals surface area contributed by atoms with Gasteiger partial charge in [0.1, 0.15) is 0 Å². The van der Waals surface area contributed by atoms with Gasteiger partial charge < -0.3 is 10.0 Å². The summed E-state index contributed by atoms with van der Waals surface area (Å²) in [7, 11) is -3.32.